The number of rotatable bonds is 4. The van der Waals surface area contributed by atoms with Gasteiger partial charge in [-0.1, -0.05) is 33.6 Å². The van der Waals surface area contributed by atoms with Crippen LogP contribution >= 0.6 is 43.2 Å². The molecule has 1 nitrogen and oxygen atoms in total. The molecular formula is C14H15Br2NS. The lowest BCUT2D eigenvalue weighted by molar-refractivity contribution is 0.594. The maximum atomic E-state index is 3.64. The van der Waals surface area contributed by atoms with Crippen LogP contribution in [0.3, 0.4) is 0 Å². The number of likely N-dealkylation sites (N-methyl/N-ethyl adjacent to an activating group) is 1. The molecule has 4 heteroatoms. The Morgan fingerprint density at radius 2 is 2.00 bits per heavy atom. The monoisotopic (exact) mass is 387 g/mol. The van der Waals surface area contributed by atoms with E-state index in [1.807, 2.05) is 7.05 Å². The average Bonchev–Trinajstić information content (AvgIpc) is 2.75. The van der Waals surface area contributed by atoms with E-state index in [9.17, 15) is 0 Å². The maximum absolute atomic E-state index is 3.64. The predicted octanol–water partition coefficient (Wildman–Crippen LogP) is 5.08. The molecule has 0 bridgehead atoms. The summed E-state index contributed by atoms with van der Waals surface area (Å²) in [5.74, 6) is 0. The molecule has 0 amide bonds. The largest absolute Gasteiger partial charge is 0.313 e. The Bertz CT molecular complexity index is 536. The van der Waals surface area contributed by atoms with Crippen LogP contribution in [0.1, 0.15) is 22.0 Å². The molecule has 0 fully saturated rings. The van der Waals surface area contributed by atoms with E-state index in [-0.39, 0.29) is 0 Å². The van der Waals surface area contributed by atoms with Gasteiger partial charge in [-0.25, -0.2) is 0 Å². The van der Waals surface area contributed by atoms with Gasteiger partial charge in [-0.05, 0) is 53.7 Å². The molecule has 1 unspecified atom stereocenters. The number of thiophene rings is 1. The summed E-state index contributed by atoms with van der Waals surface area (Å²) < 4.78 is 2.36. The SMILES string of the molecule is CNC(Cc1ccc(Br)s1)c1cc(C)ccc1Br. The Morgan fingerprint density at radius 1 is 1.22 bits per heavy atom. The van der Waals surface area contributed by atoms with Crippen LogP contribution in [0, 0.1) is 6.92 Å². The van der Waals surface area contributed by atoms with Crippen molar-refractivity contribution >= 4 is 43.2 Å². The summed E-state index contributed by atoms with van der Waals surface area (Å²) in [6.07, 6.45) is 1.01. The van der Waals surface area contributed by atoms with Crippen LogP contribution in [0.25, 0.3) is 0 Å². The van der Waals surface area contributed by atoms with Crippen LogP contribution in [0.5, 0.6) is 0 Å². The smallest absolute Gasteiger partial charge is 0.0701 e. The fraction of sp³-hybridized carbons (Fsp3) is 0.286. The summed E-state index contributed by atoms with van der Waals surface area (Å²) in [6.45, 7) is 2.13. The summed E-state index contributed by atoms with van der Waals surface area (Å²) in [6, 6.07) is 11.1. The van der Waals surface area contributed by atoms with E-state index in [1.54, 1.807) is 11.3 Å². The summed E-state index contributed by atoms with van der Waals surface area (Å²) in [4.78, 5) is 1.38. The van der Waals surface area contributed by atoms with Gasteiger partial charge >= 0.3 is 0 Å². The van der Waals surface area contributed by atoms with E-state index in [0.29, 0.717) is 6.04 Å². The molecule has 1 atom stereocenters. The maximum Gasteiger partial charge on any atom is 0.0701 e. The summed E-state index contributed by atoms with van der Waals surface area (Å²) in [5, 5.41) is 3.41. The second kappa shape index (κ2) is 6.33. The minimum absolute atomic E-state index is 0.338. The Labute approximate surface area is 129 Å². The van der Waals surface area contributed by atoms with Gasteiger partial charge in [0.15, 0.2) is 0 Å². The molecule has 0 spiro atoms. The molecule has 0 aliphatic rings. The highest BCUT2D eigenvalue weighted by Crippen LogP contribution is 2.30. The van der Waals surface area contributed by atoms with Crippen molar-refractivity contribution in [2.75, 3.05) is 7.05 Å². The molecular weight excluding hydrogens is 374 g/mol. The average molecular weight is 389 g/mol. The van der Waals surface area contributed by atoms with E-state index < -0.39 is 0 Å². The van der Waals surface area contributed by atoms with Crippen LogP contribution in [-0.4, -0.2) is 7.05 Å². The predicted molar refractivity (Wildman–Crippen MR) is 86.4 cm³/mol. The highest BCUT2D eigenvalue weighted by atomic mass is 79.9. The zero-order chi connectivity index (χ0) is 13.1. The van der Waals surface area contributed by atoms with Crippen molar-refractivity contribution in [2.24, 2.45) is 0 Å². The number of nitrogens with one attached hydrogen (secondary N) is 1. The van der Waals surface area contributed by atoms with Crippen molar-refractivity contribution in [3.63, 3.8) is 0 Å². The third kappa shape index (κ3) is 3.44. The molecule has 0 aliphatic heterocycles. The molecule has 2 aromatic rings. The summed E-state index contributed by atoms with van der Waals surface area (Å²) >= 11 is 8.96. The van der Waals surface area contributed by atoms with Gasteiger partial charge in [-0.15, -0.1) is 11.3 Å². The van der Waals surface area contributed by atoms with Gasteiger partial charge in [0.2, 0.25) is 0 Å². The normalized spacial score (nSPS) is 12.7. The van der Waals surface area contributed by atoms with Crippen molar-refractivity contribution in [3.8, 4) is 0 Å². The molecule has 1 heterocycles. The molecule has 0 saturated heterocycles. The second-order valence-electron chi connectivity index (χ2n) is 4.28. The van der Waals surface area contributed by atoms with Crippen LogP contribution in [0.2, 0.25) is 0 Å². The van der Waals surface area contributed by atoms with Crippen LogP contribution in [0.15, 0.2) is 38.6 Å². The molecule has 96 valence electrons. The highest BCUT2D eigenvalue weighted by Gasteiger charge is 2.14. The lowest BCUT2D eigenvalue weighted by Crippen LogP contribution is -2.19. The number of benzene rings is 1. The van der Waals surface area contributed by atoms with E-state index in [0.717, 1.165) is 6.42 Å². The highest BCUT2D eigenvalue weighted by molar-refractivity contribution is 9.11. The van der Waals surface area contributed by atoms with Gasteiger partial charge < -0.3 is 5.32 Å². The van der Waals surface area contributed by atoms with Crippen molar-refractivity contribution in [1.82, 2.24) is 5.32 Å². The standard InChI is InChI=1S/C14H15Br2NS/c1-9-3-5-12(15)11(7-9)13(17-2)8-10-4-6-14(16)18-10/h3-7,13,17H,8H2,1-2H3. The van der Waals surface area contributed by atoms with Crippen LogP contribution < -0.4 is 5.32 Å². The van der Waals surface area contributed by atoms with Gasteiger partial charge in [0.25, 0.3) is 0 Å². The van der Waals surface area contributed by atoms with E-state index >= 15 is 0 Å². The third-order valence-electron chi connectivity index (χ3n) is 2.91. The quantitative estimate of drug-likeness (QED) is 0.769. The van der Waals surface area contributed by atoms with E-state index in [1.165, 1.54) is 24.3 Å². The second-order valence-corrected chi connectivity index (χ2v) is 7.68. The Morgan fingerprint density at radius 3 is 2.61 bits per heavy atom. The third-order valence-corrected chi connectivity index (χ3v) is 5.28. The summed E-state index contributed by atoms with van der Waals surface area (Å²) in [5.41, 5.74) is 2.61. The van der Waals surface area contributed by atoms with E-state index in [4.69, 9.17) is 0 Å². The molecule has 0 saturated carbocycles. The van der Waals surface area contributed by atoms with Crippen molar-refractivity contribution in [1.29, 1.82) is 0 Å². The summed E-state index contributed by atoms with van der Waals surface area (Å²) in [7, 11) is 2.02. The molecule has 0 aliphatic carbocycles. The number of hydrogen-bond donors (Lipinski definition) is 1. The Kier molecular flexibility index (Phi) is 5.01. The van der Waals surface area contributed by atoms with E-state index in [2.05, 4.69) is 74.4 Å². The topological polar surface area (TPSA) is 12.0 Å². The number of halogens is 2. The fourth-order valence-electron chi connectivity index (χ4n) is 1.96. The zero-order valence-corrected chi connectivity index (χ0v) is 14.3. The van der Waals surface area contributed by atoms with Crippen LogP contribution in [-0.2, 0) is 6.42 Å². The van der Waals surface area contributed by atoms with Gasteiger partial charge in [-0.2, -0.15) is 0 Å². The first kappa shape index (κ1) is 14.3. The first-order valence-corrected chi connectivity index (χ1v) is 8.18. The first-order valence-electron chi connectivity index (χ1n) is 5.77. The molecule has 1 N–H and O–H groups in total. The van der Waals surface area contributed by atoms with Crippen molar-refractivity contribution in [3.05, 3.63) is 54.6 Å². The lowest BCUT2D eigenvalue weighted by Gasteiger charge is -2.18. The first-order chi connectivity index (χ1) is 8.60. The zero-order valence-electron chi connectivity index (χ0n) is 10.3. The van der Waals surface area contributed by atoms with Gasteiger partial charge in [0, 0.05) is 21.8 Å². The molecule has 1 aromatic heterocycles. The minimum Gasteiger partial charge on any atom is -0.313 e. The molecule has 2 rings (SSSR count). The van der Waals surface area contributed by atoms with Gasteiger partial charge in [-0.3, -0.25) is 0 Å². The van der Waals surface area contributed by atoms with Gasteiger partial charge in [0.1, 0.15) is 0 Å². The van der Waals surface area contributed by atoms with Crippen molar-refractivity contribution < 1.29 is 0 Å². The molecule has 0 radical (unpaired) electrons. The number of aryl methyl sites for hydroxylation is 1. The lowest BCUT2D eigenvalue weighted by atomic mass is 10.0. The molecule has 1 aromatic carbocycles. The van der Waals surface area contributed by atoms with Crippen molar-refractivity contribution in [2.45, 2.75) is 19.4 Å². The minimum atomic E-state index is 0.338. The number of hydrogen-bond acceptors (Lipinski definition) is 2. The van der Waals surface area contributed by atoms with Gasteiger partial charge in [0.05, 0.1) is 3.79 Å². The fourth-order valence-corrected chi connectivity index (χ4v) is 4.01. The molecule has 18 heavy (non-hydrogen) atoms. The Balaban J connectivity index is 2.25. The van der Waals surface area contributed by atoms with Crippen LogP contribution in [0.4, 0.5) is 0 Å². The Hall–Kier alpha value is -0.160.